The predicted molar refractivity (Wildman–Crippen MR) is 80.1 cm³/mol. The standard InChI is InChI=1S/C14H16BrFN2O3/c15-8-9-3-1-2-4-13(9)17-14(19)10-5-11(16)7-12(6-10)18(20)21/h5-7,9,13H,1-4,8H2,(H,17,19). The SMILES string of the molecule is O=C(NC1CCCCC1CBr)c1cc(F)cc([N+](=O)[O-])c1. The van der Waals surface area contributed by atoms with Gasteiger partial charge in [-0.15, -0.1) is 0 Å². The Hall–Kier alpha value is -1.50. The van der Waals surface area contributed by atoms with Crippen LogP contribution in [0.4, 0.5) is 10.1 Å². The number of nitrogens with one attached hydrogen (secondary N) is 1. The maximum Gasteiger partial charge on any atom is 0.273 e. The van der Waals surface area contributed by atoms with E-state index in [4.69, 9.17) is 0 Å². The number of carbonyl (C=O) groups excluding carboxylic acids is 1. The zero-order chi connectivity index (χ0) is 15.4. The van der Waals surface area contributed by atoms with Crippen molar-refractivity contribution in [2.45, 2.75) is 31.7 Å². The van der Waals surface area contributed by atoms with Gasteiger partial charge in [0.25, 0.3) is 11.6 Å². The summed E-state index contributed by atoms with van der Waals surface area (Å²) in [7, 11) is 0. The third kappa shape index (κ3) is 4.00. The Kier molecular flexibility index (Phi) is 5.27. The molecule has 1 aliphatic carbocycles. The molecule has 0 radical (unpaired) electrons. The molecule has 1 saturated carbocycles. The van der Waals surface area contributed by atoms with E-state index in [0.29, 0.717) is 5.92 Å². The number of nitrogens with zero attached hydrogens (tertiary/aromatic N) is 1. The zero-order valence-corrected chi connectivity index (χ0v) is 12.9. The fraction of sp³-hybridized carbons (Fsp3) is 0.500. The molecule has 0 saturated heterocycles. The summed E-state index contributed by atoms with van der Waals surface area (Å²) in [5.41, 5.74) is -0.429. The van der Waals surface area contributed by atoms with Crippen LogP contribution in [0.3, 0.4) is 0 Å². The minimum absolute atomic E-state index is 0.0133. The predicted octanol–water partition coefficient (Wildman–Crippen LogP) is 3.42. The maximum absolute atomic E-state index is 13.4. The Morgan fingerprint density at radius 2 is 2.10 bits per heavy atom. The van der Waals surface area contributed by atoms with E-state index in [9.17, 15) is 19.3 Å². The first kappa shape index (κ1) is 15.9. The molecule has 0 bridgehead atoms. The van der Waals surface area contributed by atoms with E-state index in [0.717, 1.165) is 49.2 Å². The van der Waals surface area contributed by atoms with E-state index in [1.807, 2.05) is 0 Å². The summed E-state index contributed by atoms with van der Waals surface area (Å²) in [6.45, 7) is 0. The van der Waals surface area contributed by atoms with Crippen molar-refractivity contribution in [2.24, 2.45) is 5.92 Å². The Balaban J connectivity index is 2.14. The number of hydrogen-bond donors (Lipinski definition) is 1. The molecule has 1 aliphatic rings. The number of non-ortho nitro benzene ring substituents is 1. The Bertz CT molecular complexity index is 553. The molecule has 0 heterocycles. The molecular formula is C14H16BrFN2O3. The average molecular weight is 359 g/mol. The molecule has 114 valence electrons. The van der Waals surface area contributed by atoms with Crippen LogP contribution in [0.25, 0.3) is 0 Å². The van der Waals surface area contributed by atoms with E-state index in [-0.39, 0.29) is 11.6 Å². The molecule has 7 heteroatoms. The molecule has 0 spiro atoms. The molecule has 2 rings (SSSR count). The quantitative estimate of drug-likeness (QED) is 0.509. The fourth-order valence-corrected chi connectivity index (χ4v) is 3.42. The Morgan fingerprint density at radius 3 is 2.76 bits per heavy atom. The molecule has 1 amide bonds. The summed E-state index contributed by atoms with van der Waals surface area (Å²) in [4.78, 5) is 22.2. The molecular weight excluding hydrogens is 343 g/mol. The molecule has 0 aromatic heterocycles. The molecule has 5 nitrogen and oxygen atoms in total. The lowest BCUT2D eigenvalue weighted by Crippen LogP contribution is -2.42. The first-order valence-electron chi connectivity index (χ1n) is 6.83. The van der Waals surface area contributed by atoms with Crippen molar-refractivity contribution in [1.29, 1.82) is 0 Å². The number of alkyl halides is 1. The topological polar surface area (TPSA) is 72.2 Å². The van der Waals surface area contributed by atoms with Crippen molar-refractivity contribution in [2.75, 3.05) is 5.33 Å². The first-order chi connectivity index (χ1) is 10.0. The van der Waals surface area contributed by atoms with Crippen LogP contribution in [0.1, 0.15) is 36.0 Å². The van der Waals surface area contributed by atoms with Gasteiger partial charge in [-0.2, -0.15) is 0 Å². The van der Waals surface area contributed by atoms with Crippen molar-refractivity contribution in [3.05, 3.63) is 39.7 Å². The maximum atomic E-state index is 13.4. The van der Waals surface area contributed by atoms with Crippen molar-refractivity contribution in [3.8, 4) is 0 Å². The normalized spacial score (nSPS) is 21.8. The third-order valence-electron chi connectivity index (χ3n) is 3.78. The highest BCUT2D eigenvalue weighted by atomic mass is 79.9. The minimum Gasteiger partial charge on any atom is -0.349 e. The number of nitro benzene ring substituents is 1. The van der Waals surface area contributed by atoms with Gasteiger partial charge < -0.3 is 5.32 Å². The summed E-state index contributed by atoms with van der Waals surface area (Å²) < 4.78 is 13.4. The Labute approximate surface area is 130 Å². The molecule has 1 aromatic carbocycles. The van der Waals surface area contributed by atoms with Crippen molar-refractivity contribution in [1.82, 2.24) is 5.32 Å². The number of hydrogen-bond acceptors (Lipinski definition) is 3. The van der Waals surface area contributed by atoms with Gasteiger partial charge in [-0.3, -0.25) is 14.9 Å². The number of halogens is 2. The molecule has 0 aliphatic heterocycles. The summed E-state index contributed by atoms with van der Waals surface area (Å²) in [6, 6.07) is 2.95. The van der Waals surface area contributed by atoms with Gasteiger partial charge in [0, 0.05) is 23.0 Å². The molecule has 21 heavy (non-hydrogen) atoms. The van der Waals surface area contributed by atoms with Crippen LogP contribution in [0, 0.1) is 21.8 Å². The van der Waals surface area contributed by atoms with Crippen LogP contribution in [-0.2, 0) is 0 Å². The van der Waals surface area contributed by atoms with Gasteiger partial charge in [0.1, 0.15) is 5.82 Å². The lowest BCUT2D eigenvalue weighted by Gasteiger charge is -2.30. The van der Waals surface area contributed by atoms with Crippen LogP contribution < -0.4 is 5.32 Å². The Morgan fingerprint density at radius 1 is 1.38 bits per heavy atom. The average Bonchev–Trinajstić information content (AvgIpc) is 2.47. The summed E-state index contributed by atoms with van der Waals surface area (Å²) in [6.07, 6.45) is 4.07. The van der Waals surface area contributed by atoms with Crippen LogP contribution in [0.15, 0.2) is 18.2 Å². The van der Waals surface area contributed by atoms with Gasteiger partial charge in [0.15, 0.2) is 0 Å². The highest BCUT2D eigenvalue weighted by Crippen LogP contribution is 2.26. The van der Waals surface area contributed by atoms with Crippen LogP contribution in [0.2, 0.25) is 0 Å². The number of carbonyl (C=O) groups is 1. The number of amides is 1. The first-order valence-corrected chi connectivity index (χ1v) is 7.95. The molecule has 1 aromatic rings. The summed E-state index contributed by atoms with van der Waals surface area (Å²) >= 11 is 3.44. The second-order valence-corrected chi connectivity index (χ2v) is 5.88. The van der Waals surface area contributed by atoms with Crippen LogP contribution >= 0.6 is 15.9 Å². The fourth-order valence-electron chi connectivity index (χ4n) is 2.64. The summed E-state index contributed by atoms with van der Waals surface area (Å²) in [5.74, 6) is -0.906. The molecule has 1 N–H and O–H groups in total. The largest absolute Gasteiger partial charge is 0.349 e. The van der Waals surface area contributed by atoms with Crippen LogP contribution in [0.5, 0.6) is 0 Å². The molecule has 2 atom stereocenters. The van der Waals surface area contributed by atoms with Crippen molar-refractivity contribution >= 4 is 27.5 Å². The lowest BCUT2D eigenvalue weighted by atomic mass is 9.86. The van der Waals surface area contributed by atoms with Gasteiger partial charge in [-0.05, 0) is 24.8 Å². The van der Waals surface area contributed by atoms with E-state index < -0.39 is 22.3 Å². The van der Waals surface area contributed by atoms with Gasteiger partial charge in [0.05, 0.1) is 11.0 Å². The van der Waals surface area contributed by atoms with E-state index in [1.54, 1.807) is 0 Å². The van der Waals surface area contributed by atoms with Crippen LogP contribution in [-0.4, -0.2) is 22.2 Å². The second-order valence-electron chi connectivity index (χ2n) is 5.23. The van der Waals surface area contributed by atoms with E-state index in [1.165, 1.54) is 0 Å². The monoisotopic (exact) mass is 358 g/mol. The zero-order valence-electron chi connectivity index (χ0n) is 11.4. The van der Waals surface area contributed by atoms with E-state index in [2.05, 4.69) is 21.2 Å². The molecule has 1 fully saturated rings. The number of benzene rings is 1. The van der Waals surface area contributed by atoms with Gasteiger partial charge >= 0.3 is 0 Å². The molecule has 2 unspecified atom stereocenters. The van der Waals surface area contributed by atoms with Gasteiger partial charge in [0.2, 0.25) is 0 Å². The number of nitro groups is 1. The minimum atomic E-state index is -0.782. The van der Waals surface area contributed by atoms with Crippen molar-refractivity contribution in [3.63, 3.8) is 0 Å². The smallest absolute Gasteiger partial charge is 0.273 e. The summed E-state index contributed by atoms with van der Waals surface area (Å²) in [5, 5.41) is 14.4. The lowest BCUT2D eigenvalue weighted by molar-refractivity contribution is -0.385. The second kappa shape index (κ2) is 6.98. The number of rotatable bonds is 4. The van der Waals surface area contributed by atoms with Gasteiger partial charge in [-0.25, -0.2) is 4.39 Å². The third-order valence-corrected chi connectivity index (χ3v) is 4.61. The van der Waals surface area contributed by atoms with Gasteiger partial charge in [-0.1, -0.05) is 28.8 Å². The highest BCUT2D eigenvalue weighted by Gasteiger charge is 2.26. The highest BCUT2D eigenvalue weighted by molar-refractivity contribution is 9.09. The van der Waals surface area contributed by atoms with E-state index >= 15 is 0 Å². The van der Waals surface area contributed by atoms with Crippen molar-refractivity contribution < 1.29 is 14.1 Å².